The smallest absolute Gasteiger partial charge is 0.323 e. The van der Waals surface area contributed by atoms with E-state index < -0.39 is 0 Å². The highest BCUT2D eigenvalue weighted by Crippen LogP contribution is 2.40. The summed E-state index contributed by atoms with van der Waals surface area (Å²) in [7, 11) is 0. The first-order valence-electron chi connectivity index (χ1n) is 11.9. The molecule has 2 saturated heterocycles. The van der Waals surface area contributed by atoms with Crippen molar-refractivity contribution in [3.05, 3.63) is 57.5 Å². The molecule has 9 heteroatoms. The van der Waals surface area contributed by atoms with Gasteiger partial charge in [0.1, 0.15) is 0 Å². The lowest BCUT2D eigenvalue weighted by Crippen LogP contribution is -2.53. The van der Waals surface area contributed by atoms with Gasteiger partial charge in [-0.3, -0.25) is 14.5 Å². The molecule has 34 heavy (non-hydrogen) atoms. The van der Waals surface area contributed by atoms with Crippen molar-refractivity contribution in [3.8, 4) is 0 Å². The van der Waals surface area contributed by atoms with Crippen LogP contribution in [-0.2, 0) is 11.3 Å². The number of benzene rings is 1. The maximum atomic E-state index is 12.7. The number of carbonyl (C=O) groups is 2. The van der Waals surface area contributed by atoms with Crippen molar-refractivity contribution in [1.29, 1.82) is 0 Å². The second-order valence-electron chi connectivity index (χ2n) is 9.66. The van der Waals surface area contributed by atoms with Crippen molar-refractivity contribution < 1.29 is 9.59 Å². The van der Waals surface area contributed by atoms with E-state index in [1.165, 1.54) is 6.07 Å². The molecule has 2 fully saturated rings. The van der Waals surface area contributed by atoms with Crippen molar-refractivity contribution in [2.45, 2.75) is 44.7 Å². The molecule has 1 aromatic carbocycles. The van der Waals surface area contributed by atoms with Crippen molar-refractivity contribution in [1.82, 2.24) is 14.4 Å². The number of fused-ring (bicyclic) bond motifs is 4. The van der Waals surface area contributed by atoms with E-state index in [9.17, 15) is 14.4 Å². The highest BCUT2D eigenvalue weighted by Gasteiger charge is 2.39. The molecular formula is C25H30ClN5O3. The van der Waals surface area contributed by atoms with Crippen molar-refractivity contribution >= 4 is 34.9 Å². The zero-order valence-electron chi connectivity index (χ0n) is 19.3. The van der Waals surface area contributed by atoms with Gasteiger partial charge < -0.3 is 20.1 Å². The summed E-state index contributed by atoms with van der Waals surface area (Å²) in [5, 5.41) is 6.40. The third-order valence-electron chi connectivity index (χ3n) is 7.39. The van der Waals surface area contributed by atoms with E-state index in [0.29, 0.717) is 34.9 Å². The number of hydrogen-bond donors (Lipinski definition) is 2. The Hall–Kier alpha value is -2.84. The van der Waals surface area contributed by atoms with E-state index in [4.69, 9.17) is 11.6 Å². The number of nitrogens with one attached hydrogen (secondary N) is 2. The van der Waals surface area contributed by atoms with E-state index >= 15 is 0 Å². The molecule has 2 bridgehead atoms. The molecule has 3 aliphatic rings. The van der Waals surface area contributed by atoms with Gasteiger partial charge in [-0.05, 0) is 55.5 Å². The van der Waals surface area contributed by atoms with Gasteiger partial charge in [-0.2, -0.15) is 0 Å². The van der Waals surface area contributed by atoms with Crippen LogP contribution in [0.15, 0.2) is 41.2 Å². The summed E-state index contributed by atoms with van der Waals surface area (Å²) in [5.41, 5.74) is 2.23. The number of pyridine rings is 1. The fourth-order valence-electron chi connectivity index (χ4n) is 5.82. The number of rotatable bonds is 3. The van der Waals surface area contributed by atoms with E-state index in [0.717, 1.165) is 51.1 Å². The summed E-state index contributed by atoms with van der Waals surface area (Å²) in [6, 6.07) is 10.3. The van der Waals surface area contributed by atoms with Crippen LogP contribution in [0.2, 0.25) is 5.02 Å². The number of nitrogens with zero attached hydrogens (tertiary/aromatic N) is 3. The van der Waals surface area contributed by atoms with Crippen LogP contribution < -0.4 is 16.2 Å². The predicted molar refractivity (Wildman–Crippen MR) is 132 cm³/mol. The Morgan fingerprint density at radius 3 is 2.41 bits per heavy atom. The summed E-state index contributed by atoms with van der Waals surface area (Å²) < 4.78 is 1.85. The summed E-state index contributed by atoms with van der Waals surface area (Å²) in [6.45, 7) is 5.75. The van der Waals surface area contributed by atoms with Crippen LogP contribution in [0, 0.1) is 5.92 Å². The second kappa shape index (κ2) is 9.43. The van der Waals surface area contributed by atoms with Gasteiger partial charge in [0.2, 0.25) is 5.91 Å². The number of amides is 3. The molecule has 1 aromatic heterocycles. The monoisotopic (exact) mass is 483 g/mol. The number of urea groups is 1. The highest BCUT2D eigenvalue weighted by molar-refractivity contribution is 6.30. The predicted octanol–water partition coefficient (Wildman–Crippen LogP) is 3.58. The average Bonchev–Trinajstić information content (AvgIpc) is 2.82. The quantitative estimate of drug-likeness (QED) is 0.698. The molecule has 0 radical (unpaired) electrons. The molecule has 0 spiro atoms. The fourth-order valence-corrected chi connectivity index (χ4v) is 5.95. The minimum atomic E-state index is -0.352. The Morgan fingerprint density at radius 1 is 0.971 bits per heavy atom. The molecular weight excluding hydrogens is 454 g/mol. The van der Waals surface area contributed by atoms with Gasteiger partial charge in [-0.15, -0.1) is 0 Å². The maximum Gasteiger partial charge on any atom is 0.323 e. The van der Waals surface area contributed by atoms with Crippen molar-refractivity contribution in [2.24, 2.45) is 5.92 Å². The van der Waals surface area contributed by atoms with Crippen LogP contribution in [0.4, 0.5) is 16.2 Å². The lowest BCUT2D eigenvalue weighted by atomic mass is 9.81. The number of piperidine rings is 2. The van der Waals surface area contributed by atoms with Crippen LogP contribution in [0.5, 0.6) is 0 Å². The van der Waals surface area contributed by atoms with E-state index in [2.05, 4.69) is 15.5 Å². The molecule has 2 atom stereocenters. The molecule has 0 unspecified atom stereocenters. The van der Waals surface area contributed by atoms with E-state index in [-0.39, 0.29) is 23.4 Å². The lowest BCUT2D eigenvalue weighted by molar-refractivity contribution is -0.130. The lowest BCUT2D eigenvalue weighted by Gasteiger charge is -2.47. The molecule has 4 heterocycles. The first-order chi connectivity index (χ1) is 16.4. The Labute approximate surface area is 203 Å². The van der Waals surface area contributed by atoms with Gasteiger partial charge in [-0.25, -0.2) is 4.79 Å². The Morgan fingerprint density at radius 2 is 1.71 bits per heavy atom. The molecule has 180 valence electrons. The first kappa shape index (κ1) is 22.9. The summed E-state index contributed by atoms with van der Waals surface area (Å²) in [4.78, 5) is 41.6. The molecule has 8 nitrogen and oxygen atoms in total. The summed E-state index contributed by atoms with van der Waals surface area (Å²) in [6.07, 6.45) is 2.98. The molecule has 3 aliphatic heterocycles. The number of halogens is 1. The van der Waals surface area contributed by atoms with Crippen molar-refractivity contribution in [3.63, 3.8) is 0 Å². The molecule has 2 aromatic rings. The van der Waals surface area contributed by atoms with E-state index in [1.807, 2.05) is 9.47 Å². The minimum absolute atomic E-state index is 0.0171. The highest BCUT2D eigenvalue weighted by atomic mass is 35.5. The number of anilines is 2. The minimum Gasteiger partial charge on any atom is -0.343 e. The van der Waals surface area contributed by atoms with E-state index in [1.54, 1.807) is 37.3 Å². The van der Waals surface area contributed by atoms with Crippen LogP contribution in [0.1, 0.15) is 37.8 Å². The molecule has 0 aliphatic carbocycles. The standard InChI is InChI=1S/C25H30ClN5O3/c1-16(32)29-10-8-21(9-11-29)30-13-17-12-18(15-30)24-22(6-7-23(33)31(24)14-17)28-25(34)27-20-4-2-19(26)3-5-20/h2-7,17-18,21H,8-15H2,1H3,(H2,27,28,34)/t17-,18-/m1/s1. The van der Waals surface area contributed by atoms with Crippen LogP contribution in [0.3, 0.4) is 0 Å². The van der Waals surface area contributed by atoms with Gasteiger partial charge in [0.15, 0.2) is 0 Å². The summed E-state index contributed by atoms with van der Waals surface area (Å²) >= 11 is 5.93. The largest absolute Gasteiger partial charge is 0.343 e. The number of carbonyl (C=O) groups excluding carboxylic acids is 2. The molecule has 5 rings (SSSR count). The van der Waals surface area contributed by atoms with Crippen LogP contribution >= 0.6 is 11.6 Å². The normalized spacial score (nSPS) is 22.7. The Kier molecular flexibility index (Phi) is 6.36. The fraction of sp³-hybridized carbons (Fsp3) is 0.480. The van der Waals surface area contributed by atoms with Gasteiger partial charge in [0, 0.05) is 74.1 Å². The average molecular weight is 484 g/mol. The number of aromatic nitrogens is 1. The Balaban J connectivity index is 1.33. The van der Waals surface area contributed by atoms with Gasteiger partial charge >= 0.3 is 6.03 Å². The second-order valence-corrected chi connectivity index (χ2v) is 10.1. The van der Waals surface area contributed by atoms with Crippen LogP contribution in [-0.4, -0.2) is 58.5 Å². The first-order valence-corrected chi connectivity index (χ1v) is 12.3. The Bertz CT molecular complexity index is 1140. The zero-order chi connectivity index (χ0) is 23.8. The maximum absolute atomic E-state index is 12.7. The van der Waals surface area contributed by atoms with Crippen LogP contribution in [0.25, 0.3) is 0 Å². The number of hydrogen-bond acceptors (Lipinski definition) is 4. The number of likely N-dealkylation sites (tertiary alicyclic amines) is 2. The topological polar surface area (TPSA) is 86.7 Å². The molecule has 0 saturated carbocycles. The third-order valence-corrected chi connectivity index (χ3v) is 7.65. The van der Waals surface area contributed by atoms with Gasteiger partial charge in [-0.1, -0.05) is 11.6 Å². The molecule has 2 N–H and O–H groups in total. The molecule has 3 amide bonds. The van der Waals surface area contributed by atoms with Crippen molar-refractivity contribution in [2.75, 3.05) is 36.8 Å². The SMILES string of the molecule is CC(=O)N1CCC(N2C[C@H]3C[C@H](C2)c2c(NC(=O)Nc4ccc(Cl)cc4)ccc(=O)n2C3)CC1. The zero-order valence-corrected chi connectivity index (χ0v) is 20.1. The van der Waals surface area contributed by atoms with Gasteiger partial charge in [0.05, 0.1) is 5.69 Å². The summed E-state index contributed by atoms with van der Waals surface area (Å²) in [5.74, 6) is 0.737. The van der Waals surface area contributed by atoms with Gasteiger partial charge in [0.25, 0.3) is 5.56 Å². The third kappa shape index (κ3) is 4.70.